The van der Waals surface area contributed by atoms with E-state index in [2.05, 4.69) is 10.6 Å². The molecular weight excluding hydrogens is 518 g/mol. The number of methoxy groups -OCH3 is 1. The highest BCUT2D eigenvalue weighted by molar-refractivity contribution is 6.30. The predicted octanol–water partition coefficient (Wildman–Crippen LogP) is 3.62. The summed E-state index contributed by atoms with van der Waals surface area (Å²) in [6, 6.07) is 13.6. The van der Waals surface area contributed by atoms with Gasteiger partial charge in [-0.05, 0) is 63.1 Å². The van der Waals surface area contributed by atoms with Gasteiger partial charge in [-0.2, -0.15) is 0 Å². The zero-order valence-electron chi connectivity index (χ0n) is 22.8. The van der Waals surface area contributed by atoms with E-state index in [1.54, 1.807) is 24.1 Å². The van der Waals surface area contributed by atoms with E-state index in [0.717, 1.165) is 16.9 Å². The van der Waals surface area contributed by atoms with Gasteiger partial charge in [0, 0.05) is 23.7 Å². The molecule has 3 amide bonds. The Kier molecular flexibility index (Phi) is 6.75. The number of fused-ring (bicyclic) bond motifs is 1. The Labute approximate surface area is 233 Å². The summed E-state index contributed by atoms with van der Waals surface area (Å²) in [5, 5.41) is 6.60. The molecule has 0 radical (unpaired) electrons. The standard InChI is InChI=1S/C30H34ClN3O5/c1-28(2,3)33-26(36)24-30-15-14-29(4,39-30)22(25(35)32-16-18-8-12-21(38-5)13-9-18)23(30)27(37)34(24)17-19-6-10-20(31)11-7-19/h6-15,22-24H,16-17H2,1-5H3,(H,32,35)(H,33,36)/t22-,23-,24+,29+,30-/m0/s1. The van der Waals surface area contributed by atoms with Gasteiger partial charge in [0.15, 0.2) is 0 Å². The number of hydrogen-bond donors (Lipinski definition) is 2. The normalized spacial score (nSPS) is 28.9. The number of benzene rings is 2. The molecule has 5 rings (SSSR count). The lowest BCUT2D eigenvalue weighted by molar-refractivity contribution is -0.146. The third-order valence-electron chi connectivity index (χ3n) is 7.72. The van der Waals surface area contributed by atoms with Gasteiger partial charge >= 0.3 is 0 Å². The van der Waals surface area contributed by atoms with E-state index in [4.69, 9.17) is 21.1 Å². The molecule has 2 aromatic rings. The number of carbonyl (C=O) groups excluding carboxylic acids is 3. The van der Waals surface area contributed by atoms with Crippen LogP contribution in [-0.2, 0) is 32.2 Å². The molecule has 3 aliphatic rings. The Morgan fingerprint density at radius 3 is 2.28 bits per heavy atom. The molecule has 1 spiro atoms. The Morgan fingerprint density at radius 1 is 1.03 bits per heavy atom. The van der Waals surface area contributed by atoms with Crippen molar-refractivity contribution in [3.05, 3.63) is 76.8 Å². The molecule has 2 N–H and O–H groups in total. The van der Waals surface area contributed by atoms with E-state index in [-0.39, 0.29) is 30.8 Å². The zero-order valence-corrected chi connectivity index (χ0v) is 23.5. The lowest BCUT2D eigenvalue weighted by atomic mass is 9.70. The molecule has 2 bridgehead atoms. The van der Waals surface area contributed by atoms with Crippen molar-refractivity contribution in [2.45, 2.75) is 63.6 Å². The highest BCUT2D eigenvalue weighted by Gasteiger charge is 2.76. The number of likely N-dealkylation sites (tertiary alicyclic amines) is 1. The minimum absolute atomic E-state index is 0.185. The Balaban J connectivity index is 1.46. The number of nitrogens with zero attached hydrogens (tertiary/aromatic N) is 1. The van der Waals surface area contributed by atoms with Crippen LogP contribution in [0.4, 0.5) is 0 Å². The molecule has 3 heterocycles. The lowest BCUT2D eigenvalue weighted by Crippen LogP contribution is -2.57. The van der Waals surface area contributed by atoms with Gasteiger partial charge in [0.25, 0.3) is 0 Å². The van der Waals surface area contributed by atoms with Crippen LogP contribution in [0.2, 0.25) is 5.02 Å². The molecule has 8 nitrogen and oxygen atoms in total. The second-order valence-corrected chi connectivity index (χ2v) is 12.2. The first-order chi connectivity index (χ1) is 18.4. The highest BCUT2D eigenvalue weighted by atomic mass is 35.5. The first-order valence-electron chi connectivity index (χ1n) is 13.0. The van der Waals surface area contributed by atoms with Crippen LogP contribution >= 0.6 is 11.6 Å². The van der Waals surface area contributed by atoms with Crippen LogP contribution in [0.15, 0.2) is 60.7 Å². The van der Waals surface area contributed by atoms with E-state index in [9.17, 15) is 14.4 Å². The molecule has 0 unspecified atom stereocenters. The number of ether oxygens (including phenoxy) is 2. The fraction of sp³-hybridized carbons (Fsp3) is 0.433. The van der Waals surface area contributed by atoms with Gasteiger partial charge in [-0.3, -0.25) is 14.4 Å². The molecule has 2 saturated heterocycles. The SMILES string of the molecule is COc1ccc(CNC(=O)[C@@H]2[C@H]3C(=O)N(Cc4ccc(Cl)cc4)[C@H](C(=O)NC(C)(C)C)[C@]34C=C[C@@]2(C)O4)cc1. The number of hydrogen-bond acceptors (Lipinski definition) is 5. The first-order valence-corrected chi connectivity index (χ1v) is 13.4. The Hall–Kier alpha value is -3.36. The second-order valence-electron chi connectivity index (χ2n) is 11.7. The molecule has 2 aromatic carbocycles. The topological polar surface area (TPSA) is 97.0 Å². The summed E-state index contributed by atoms with van der Waals surface area (Å²) in [7, 11) is 1.60. The summed E-state index contributed by atoms with van der Waals surface area (Å²) in [6.45, 7) is 7.95. The second kappa shape index (κ2) is 9.68. The van der Waals surface area contributed by atoms with Crippen molar-refractivity contribution in [3.8, 4) is 5.75 Å². The van der Waals surface area contributed by atoms with Crippen molar-refractivity contribution in [2.75, 3.05) is 7.11 Å². The van der Waals surface area contributed by atoms with Crippen molar-refractivity contribution in [1.29, 1.82) is 0 Å². The van der Waals surface area contributed by atoms with Gasteiger partial charge in [0.2, 0.25) is 17.7 Å². The molecule has 3 aliphatic heterocycles. The first kappa shape index (κ1) is 27.2. The van der Waals surface area contributed by atoms with Crippen molar-refractivity contribution in [2.24, 2.45) is 11.8 Å². The van der Waals surface area contributed by atoms with Gasteiger partial charge < -0.3 is 25.0 Å². The summed E-state index contributed by atoms with van der Waals surface area (Å²) in [5.41, 5.74) is -1.08. The zero-order chi connectivity index (χ0) is 28.2. The lowest BCUT2D eigenvalue weighted by Gasteiger charge is -2.35. The monoisotopic (exact) mass is 551 g/mol. The van der Waals surface area contributed by atoms with Gasteiger partial charge in [-0.1, -0.05) is 48.0 Å². The number of carbonyl (C=O) groups is 3. The van der Waals surface area contributed by atoms with Crippen LogP contribution in [0.1, 0.15) is 38.8 Å². The van der Waals surface area contributed by atoms with Crippen molar-refractivity contribution < 1.29 is 23.9 Å². The molecule has 206 valence electrons. The Morgan fingerprint density at radius 2 is 1.67 bits per heavy atom. The summed E-state index contributed by atoms with van der Waals surface area (Å²) >= 11 is 6.07. The van der Waals surface area contributed by atoms with Crippen molar-refractivity contribution >= 4 is 29.3 Å². The third kappa shape index (κ3) is 4.80. The number of halogens is 1. The summed E-state index contributed by atoms with van der Waals surface area (Å²) < 4.78 is 11.8. The third-order valence-corrected chi connectivity index (χ3v) is 7.97. The average Bonchev–Trinajstić information content (AvgIpc) is 3.44. The molecular formula is C30H34ClN3O5. The molecule has 2 fully saturated rings. The van der Waals surface area contributed by atoms with E-state index >= 15 is 0 Å². The maximum atomic E-state index is 14.1. The van der Waals surface area contributed by atoms with Crippen molar-refractivity contribution in [3.63, 3.8) is 0 Å². The van der Waals surface area contributed by atoms with Crippen LogP contribution < -0.4 is 15.4 Å². The van der Waals surface area contributed by atoms with Gasteiger partial charge in [0.1, 0.15) is 17.4 Å². The van der Waals surface area contributed by atoms with Crippen LogP contribution in [-0.4, -0.2) is 52.5 Å². The minimum Gasteiger partial charge on any atom is -0.497 e. The van der Waals surface area contributed by atoms with Crippen LogP contribution in [0, 0.1) is 11.8 Å². The Bertz CT molecular complexity index is 1320. The number of nitrogens with one attached hydrogen (secondary N) is 2. The van der Waals surface area contributed by atoms with E-state index in [1.807, 2.05) is 76.2 Å². The largest absolute Gasteiger partial charge is 0.497 e. The number of rotatable bonds is 7. The highest BCUT2D eigenvalue weighted by Crippen LogP contribution is 2.59. The molecule has 0 aromatic heterocycles. The molecule has 0 aliphatic carbocycles. The van der Waals surface area contributed by atoms with Crippen LogP contribution in [0.3, 0.4) is 0 Å². The smallest absolute Gasteiger partial charge is 0.246 e. The quantitative estimate of drug-likeness (QED) is 0.512. The fourth-order valence-corrected chi connectivity index (χ4v) is 6.19. The van der Waals surface area contributed by atoms with Crippen LogP contribution in [0.25, 0.3) is 0 Å². The summed E-state index contributed by atoms with van der Waals surface area (Å²) in [4.78, 5) is 43.2. The molecule has 9 heteroatoms. The van der Waals surface area contributed by atoms with E-state index in [0.29, 0.717) is 5.02 Å². The van der Waals surface area contributed by atoms with Gasteiger partial charge in [-0.25, -0.2) is 0 Å². The predicted molar refractivity (Wildman–Crippen MR) is 147 cm³/mol. The van der Waals surface area contributed by atoms with E-state index in [1.165, 1.54) is 0 Å². The van der Waals surface area contributed by atoms with E-state index < -0.39 is 34.6 Å². The maximum Gasteiger partial charge on any atom is 0.246 e. The minimum atomic E-state index is -1.25. The van der Waals surface area contributed by atoms with Crippen molar-refractivity contribution in [1.82, 2.24) is 15.5 Å². The summed E-state index contributed by atoms with van der Waals surface area (Å²) in [5.74, 6) is -1.80. The molecule has 0 saturated carbocycles. The maximum absolute atomic E-state index is 14.1. The molecule has 5 atom stereocenters. The van der Waals surface area contributed by atoms with Crippen LogP contribution in [0.5, 0.6) is 5.75 Å². The number of amides is 3. The summed E-state index contributed by atoms with van der Waals surface area (Å²) in [6.07, 6.45) is 3.65. The average molecular weight is 552 g/mol. The van der Waals surface area contributed by atoms with Gasteiger partial charge in [-0.15, -0.1) is 0 Å². The fourth-order valence-electron chi connectivity index (χ4n) is 6.07. The molecule has 39 heavy (non-hydrogen) atoms. The van der Waals surface area contributed by atoms with Gasteiger partial charge in [0.05, 0.1) is 24.5 Å².